The number of hydrogen-bond acceptors (Lipinski definition) is 3. The largest absolute Gasteiger partial charge is 0.466 e. The van der Waals surface area contributed by atoms with Gasteiger partial charge >= 0.3 is 5.97 Å². The molecule has 1 aromatic rings. The van der Waals surface area contributed by atoms with Gasteiger partial charge in [0, 0.05) is 18.8 Å². The minimum absolute atomic E-state index is 0.141. The molecule has 0 heterocycles. The third-order valence-electron chi connectivity index (χ3n) is 4.38. The van der Waals surface area contributed by atoms with Crippen molar-refractivity contribution in [2.75, 3.05) is 6.61 Å². The molecule has 3 rings (SSSR count). The van der Waals surface area contributed by atoms with Crippen LogP contribution >= 0.6 is 0 Å². The SMILES string of the molecule is CC(=O)OC[C@@H]1C[C@]2(O)CCc3ccccc3[C@H]12. The van der Waals surface area contributed by atoms with Gasteiger partial charge in [0.1, 0.15) is 0 Å². The molecule has 1 aromatic carbocycles. The van der Waals surface area contributed by atoms with Crippen LogP contribution in [0.5, 0.6) is 0 Å². The van der Waals surface area contributed by atoms with Gasteiger partial charge in [0.05, 0.1) is 12.2 Å². The first-order valence-electron chi connectivity index (χ1n) is 6.54. The number of rotatable bonds is 2. The maximum atomic E-state index is 10.9. The van der Waals surface area contributed by atoms with Crippen molar-refractivity contribution in [1.29, 1.82) is 0 Å². The first-order valence-corrected chi connectivity index (χ1v) is 6.54. The summed E-state index contributed by atoms with van der Waals surface area (Å²) < 4.78 is 5.10. The second-order valence-electron chi connectivity index (χ2n) is 5.55. The lowest BCUT2D eigenvalue weighted by molar-refractivity contribution is -0.156. The average molecular weight is 246 g/mol. The lowest BCUT2D eigenvalue weighted by Crippen LogP contribution is -2.56. The van der Waals surface area contributed by atoms with Crippen LogP contribution in [0.25, 0.3) is 0 Å². The van der Waals surface area contributed by atoms with Crippen LogP contribution in [0.2, 0.25) is 0 Å². The van der Waals surface area contributed by atoms with Gasteiger partial charge in [-0.15, -0.1) is 0 Å². The minimum atomic E-state index is -0.570. The van der Waals surface area contributed by atoms with Crippen LogP contribution in [-0.2, 0) is 16.0 Å². The molecule has 3 atom stereocenters. The molecular weight excluding hydrogens is 228 g/mol. The van der Waals surface area contributed by atoms with Crippen molar-refractivity contribution in [3.63, 3.8) is 0 Å². The highest BCUT2D eigenvalue weighted by atomic mass is 16.5. The Balaban J connectivity index is 1.83. The quantitative estimate of drug-likeness (QED) is 0.812. The van der Waals surface area contributed by atoms with Gasteiger partial charge in [0.15, 0.2) is 0 Å². The molecule has 3 nitrogen and oxygen atoms in total. The van der Waals surface area contributed by atoms with Crippen molar-refractivity contribution in [2.24, 2.45) is 5.92 Å². The van der Waals surface area contributed by atoms with E-state index in [1.165, 1.54) is 18.1 Å². The Morgan fingerprint density at radius 3 is 3.06 bits per heavy atom. The van der Waals surface area contributed by atoms with E-state index >= 15 is 0 Å². The standard InChI is InChI=1S/C15H18O3/c1-10(16)18-9-12-8-15(17)7-6-11-4-2-3-5-13(11)14(12)15/h2-5,12,14,17H,6-9H2,1H3/t12-,14-,15+/m0/s1. The van der Waals surface area contributed by atoms with Crippen molar-refractivity contribution in [2.45, 2.75) is 37.7 Å². The van der Waals surface area contributed by atoms with Crippen molar-refractivity contribution in [3.05, 3.63) is 35.4 Å². The lowest BCUT2D eigenvalue weighted by atomic mass is 9.54. The summed E-state index contributed by atoms with van der Waals surface area (Å²) in [4.78, 5) is 10.9. The number of hydrogen-bond donors (Lipinski definition) is 1. The Morgan fingerprint density at radius 2 is 2.28 bits per heavy atom. The van der Waals surface area contributed by atoms with Gasteiger partial charge in [-0.1, -0.05) is 24.3 Å². The molecule has 2 aliphatic rings. The maximum Gasteiger partial charge on any atom is 0.302 e. The number of fused-ring (bicyclic) bond motifs is 3. The molecule has 1 N–H and O–H groups in total. The molecule has 0 aromatic heterocycles. The van der Waals surface area contributed by atoms with Crippen molar-refractivity contribution < 1.29 is 14.6 Å². The van der Waals surface area contributed by atoms with Crippen molar-refractivity contribution in [3.8, 4) is 0 Å². The molecule has 0 radical (unpaired) electrons. The van der Waals surface area contributed by atoms with Crippen LogP contribution in [0, 0.1) is 5.92 Å². The third kappa shape index (κ3) is 1.74. The fourth-order valence-electron chi connectivity index (χ4n) is 3.57. The summed E-state index contributed by atoms with van der Waals surface area (Å²) in [6.45, 7) is 1.86. The Labute approximate surface area is 107 Å². The number of esters is 1. The Bertz CT molecular complexity index is 482. The van der Waals surface area contributed by atoms with Crippen LogP contribution in [0.1, 0.15) is 36.8 Å². The zero-order chi connectivity index (χ0) is 12.8. The zero-order valence-electron chi connectivity index (χ0n) is 10.6. The number of carbonyl (C=O) groups is 1. The third-order valence-corrected chi connectivity index (χ3v) is 4.38. The maximum absolute atomic E-state index is 10.9. The predicted octanol–water partition coefficient (Wildman–Crippen LogP) is 2.03. The molecule has 3 heteroatoms. The van der Waals surface area contributed by atoms with Gasteiger partial charge in [-0.3, -0.25) is 4.79 Å². The first kappa shape index (κ1) is 11.7. The van der Waals surface area contributed by atoms with Gasteiger partial charge in [-0.05, 0) is 30.4 Å². The zero-order valence-corrected chi connectivity index (χ0v) is 10.6. The van der Waals surface area contributed by atoms with E-state index in [4.69, 9.17) is 4.74 Å². The van der Waals surface area contributed by atoms with Crippen LogP contribution in [0.15, 0.2) is 24.3 Å². The molecule has 0 aliphatic heterocycles. The summed E-state index contributed by atoms with van der Waals surface area (Å²) >= 11 is 0. The molecule has 0 spiro atoms. The molecule has 0 unspecified atom stereocenters. The fourth-order valence-corrected chi connectivity index (χ4v) is 3.57. The fraction of sp³-hybridized carbons (Fsp3) is 0.533. The first-order chi connectivity index (χ1) is 8.60. The van der Waals surface area contributed by atoms with Gasteiger partial charge in [-0.25, -0.2) is 0 Å². The molecule has 0 bridgehead atoms. The Hall–Kier alpha value is -1.35. The minimum Gasteiger partial charge on any atom is -0.466 e. The van der Waals surface area contributed by atoms with Gasteiger partial charge < -0.3 is 9.84 Å². The summed E-state index contributed by atoms with van der Waals surface area (Å²) in [6, 6.07) is 8.30. The lowest BCUT2D eigenvalue weighted by Gasteiger charge is -2.55. The number of ether oxygens (including phenoxy) is 1. The highest BCUT2D eigenvalue weighted by Gasteiger charge is 2.55. The summed E-state index contributed by atoms with van der Waals surface area (Å²) in [5, 5.41) is 10.6. The van der Waals surface area contributed by atoms with Crippen molar-refractivity contribution in [1.82, 2.24) is 0 Å². The molecular formula is C15H18O3. The van der Waals surface area contributed by atoms with Gasteiger partial charge in [0.25, 0.3) is 0 Å². The topological polar surface area (TPSA) is 46.5 Å². The van der Waals surface area contributed by atoms with E-state index in [0.29, 0.717) is 6.61 Å². The van der Waals surface area contributed by atoms with E-state index in [1.807, 2.05) is 12.1 Å². The average Bonchev–Trinajstić information content (AvgIpc) is 2.32. The van der Waals surface area contributed by atoms with Crippen LogP contribution in [0.4, 0.5) is 0 Å². The van der Waals surface area contributed by atoms with E-state index in [2.05, 4.69) is 12.1 Å². The highest BCUT2D eigenvalue weighted by molar-refractivity contribution is 5.65. The molecule has 1 saturated carbocycles. The van der Waals surface area contributed by atoms with E-state index in [0.717, 1.165) is 19.3 Å². The van der Waals surface area contributed by atoms with Crippen molar-refractivity contribution >= 4 is 5.97 Å². The normalized spacial score (nSPS) is 33.0. The Kier molecular flexibility index (Phi) is 2.67. The molecule has 18 heavy (non-hydrogen) atoms. The second kappa shape index (κ2) is 4.09. The second-order valence-corrected chi connectivity index (χ2v) is 5.55. The summed E-state index contributed by atoms with van der Waals surface area (Å²) in [5.41, 5.74) is 2.01. The monoisotopic (exact) mass is 246 g/mol. The van der Waals surface area contributed by atoms with E-state index < -0.39 is 5.60 Å². The number of carbonyl (C=O) groups excluding carboxylic acids is 1. The molecule has 0 saturated heterocycles. The number of benzene rings is 1. The molecule has 2 aliphatic carbocycles. The summed E-state index contributed by atoms with van der Waals surface area (Å²) in [5.74, 6) is 0.164. The molecule has 96 valence electrons. The Morgan fingerprint density at radius 1 is 1.50 bits per heavy atom. The molecule has 0 amide bonds. The summed E-state index contributed by atoms with van der Waals surface area (Å²) in [7, 11) is 0. The van der Waals surface area contributed by atoms with Crippen LogP contribution < -0.4 is 0 Å². The smallest absolute Gasteiger partial charge is 0.302 e. The van der Waals surface area contributed by atoms with E-state index in [1.54, 1.807) is 0 Å². The van der Waals surface area contributed by atoms with E-state index in [-0.39, 0.29) is 17.8 Å². The number of aryl methyl sites for hydroxylation is 1. The highest BCUT2D eigenvalue weighted by Crippen LogP contribution is 2.56. The van der Waals surface area contributed by atoms with Gasteiger partial charge in [-0.2, -0.15) is 0 Å². The predicted molar refractivity (Wildman–Crippen MR) is 67.2 cm³/mol. The van der Waals surface area contributed by atoms with Crippen LogP contribution in [0.3, 0.4) is 0 Å². The summed E-state index contributed by atoms with van der Waals surface area (Å²) in [6.07, 6.45) is 2.52. The number of aliphatic hydroxyl groups is 1. The van der Waals surface area contributed by atoms with Crippen LogP contribution in [-0.4, -0.2) is 23.3 Å². The molecule has 1 fully saturated rings. The van der Waals surface area contributed by atoms with Gasteiger partial charge in [0.2, 0.25) is 0 Å². The van der Waals surface area contributed by atoms with E-state index in [9.17, 15) is 9.90 Å².